The van der Waals surface area contributed by atoms with Gasteiger partial charge in [-0.2, -0.15) is 0 Å². The summed E-state index contributed by atoms with van der Waals surface area (Å²) in [6, 6.07) is 8.42. The van der Waals surface area contributed by atoms with Crippen molar-refractivity contribution >= 4 is 17.2 Å². The molecule has 0 aliphatic carbocycles. The Labute approximate surface area is 119 Å². The van der Waals surface area contributed by atoms with Crippen molar-refractivity contribution in [3.8, 4) is 0 Å². The zero-order valence-corrected chi connectivity index (χ0v) is 12.6. The lowest BCUT2D eigenvalue weighted by molar-refractivity contribution is 0.801. The Morgan fingerprint density at radius 1 is 1.37 bits per heavy atom. The van der Waals surface area contributed by atoms with Crippen molar-refractivity contribution in [2.24, 2.45) is 5.73 Å². The first-order valence-electron chi connectivity index (χ1n) is 6.54. The predicted octanol–water partition coefficient (Wildman–Crippen LogP) is 3.36. The summed E-state index contributed by atoms with van der Waals surface area (Å²) in [4.78, 5) is 8.26. The number of thiophene rings is 1. The van der Waals surface area contributed by atoms with E-state index in [1.165, 1.54) is 4.88 Å². The lowest BCUT2D eigenvalue weighted by Gasteiger charge is -2.20. The summed E-state index contributed by atoms with van der Waals surface area (Å²) in [5.41, 5.74) is 8.03. The van der Waals surface area contributed by atoms with Gasteiger partial charge in [-0.05, 0) is 35.1 Å². The van der Waals surface area contributed by atoms with Gasteiger partial charge in [0, 0.05) is 24.2 Å². The van der Waals surface area contributed by atoms with Crippen molar-refractivity contribution in [1.82, 2.24) is 4.98 Å². The van der Waals surface area contributed by atoms with Crippen LogP contribution in [0.3, 0.4) is 0 Å². The second-order valence-corrected chi connectivity index (χ2v) is 6.08. The van der Waals surface area contributed by atoms with Crippen LogP contribution in [-0.2, 0) is 13.1 Å². The van der Waals surface area contributed by atoms with E-state index in [9.17, 15) is 0 Å². The van der Waals surface area contributed by atoms with Gasteiger partial charge < -0.3 is 10.6 Å². The van der Waals surface area contributed by atoms with Crippen LogP contribution >= 0.6 is 11.3 Å². The molecule has 2 aromatic rings. The lowest BCUT2D eigenvalue weighted by atomic mass is 10.1. The van der Waals surface area contributed by atoms with Crippen LogP contribution in [0.25, 0.3) is 0 Å². The zero-order chi connectivity index (χ0) is 13.8. The highest BCUT2D eigenvalue weighted by Gasteiger charge is 2.09. The predicted molar refractivity (Wildman–Crippen MR) is 82.6 cm³/mol. The highest BCUT2D eigenvalue weighted by Crippen LogP contribution is 2.21. The molecule has 0 aliphatic heterocycles. The van der Waals surface area contributed by atoms with E-state index in [-0.39, 0.29) is 0 Å². The summed E-state index contributed by atoms with van der Waals surface area (Å²) in [6.45, 7) is 5.76. The first-order valence-corrected chi connectivity index (χ1v) is 7.42. The van der Waals surface area contributed by atoms with Crippen molar-refractivity contribution < 1.29 is 0 Å². The molecule has 0 bridgehead atoms. The van der Waals surface area contributed by atoms with Crippen LogP contribution in [0, 0.1) is 0 Å². The molecule has 0 spiro atoms. The molecule has 2 heterocycles. The second-order valence-electron chi connectivity index (χ2n) is 5.05. The number of aromatic nitrogens is 1. The van der Waals surface area contributed by atoms with Gasteiger partial charge >= 0.3 is 0 Å². The molecule has 0 atom stereocenters. The molecule has 4 heteroatoms. The number of nitrogens with two attached hydrogens (primary N) is 1. The molecule has 2 aromatic heterocycles. The molecule has 0 aromatic carbocycles. The van der Waals surface area contributed by atoms with Gasteiger partial charge in [-0.25, -0.2) is 4.98 Å². The molecule has 19 heavy (non-hydrogen) atoms. The first kappa shape index (κ1) is 14.0. The Morgan fingerprint density at radius 2 is 2.16 bits per heavy atom. The highest BCUT2D eigenvalue weighted by molar-refractivity contribution is 7.09. The quantitative estimate of drug-likeness (QED) is 0.909. The van der Waals surface area contributed by atoms with Gasteiger partial charge in [0.25, 0.3) is 0 Å². The maximum absolute atomic E-state index is 5.78. The fourth-order valence-corrected chi connectivity index (χ4v) is 2.68. The summed E-state index contributed by atoms with van der Waals surface area (Å²) < 4.78 is 0. The van der Waals surface area contributed by atoms with E-state index in [1.807, 2.05) is 0 Å². The van der Waals surface area contributed by atoms with Crippen LogP contribution in [0.4, 0.5) is 5.82 Å². The van der Waals surface area contributed by atoms with Crippen molar-refractivity contribution in [1.29, 1.82) is 0 Å². The Morgan fingerprint density at radius 3 is 2.74 bits per heavy atom. The number of nitrogens with zero attached hydrogens (tertiary/aromatic N) is 2. The zero-order valence-electron chi connectivity index (χ0n) is 11.8. The van der Waals surface area contributed by atoms with Gasteiger partial charge in [-0.1, -0.05) is 19.9 Å². The fraction of sp³-hybridized carbons (Fsp3) is 0.400. The molecule has 0 unspecified atom stereocenters. The highest BCUT2D eigenvalue weighted by atomic mass is 32.1. The van der Waals surface area contributed by atoms with Gasteiger partial charge in [0.05, 0.1) is 6.54 Å². The van der Waals surface area contributed by atoms with Crippen molar-refractivity contribution in [3.63, 3.8) is 0 Å². The Balaban J connectivity index is 2.24. The standard InChI is InChI=1S/C15H21N3S/c1-11(2)14-7-12(9-16)8-15(17-14)18(3)10-13-5-4-6-19-13/h4-8,11H,9-10,16H2,1-3H3. The van der Waals surface area contributed by atoms with E-state index in [1.54, 1.807) is 11.3 Å². The maximum Gasteiger partial charge on any atom is 0.129 e. The summed E-state index contributed by atoms with van der Waals surface area (Å²) >= 11 is 1.77. The van der Waals surface area contributed by atoms with Crippen molar-refractivity contribution in [2.45, 2.75) is 32.9 Å². The summed E-state index contributed by atoms with van der Waals surface area (Å²) in [6.07, 6.45) is 0. The maximum atomic E-state index is 5.78. The number of anilines is 1. The van der Waals surface area contributed by atoms with Gasteiger partial charge in [-0.15, -0.1) is 11.3 Å². The van der Waals surface area contributed by atoms with Crippen LogP contribution in [0.1, 0.15) is 35.9 Å². The SMILES string of the molecule is CC(C)c1cc(CN)cc(N(C)Cc2cccs2)n1. The molecule has 102 valence electrons. The minimum Gasteiger partial charge on any atom is -0.355 e. The average Bonchev–Trinajstić information content (AvgIpc) is 2.90. The van der Waals surface area contributed by atoms with Gasteiger partial charge in [0.15, 0.2) is 0 Å². The largest absolute Gasteiger partial charge is 0.355 e. The van der Waals surface area contributed by atoms with Crippen molar-refractivity contribution in [3.05, 3.63) is 45.8 Å². The molecule has 0 saturated carbocycles. The van der Waals surface area contributed by atoms with E-state index in [0.29, 0.717) is 12.5 Å². The monoisotopic (exact) mass is 275 g/mol. The lowest BCUT2D eigenvalue weighted by Crippen LogP contribution is -2.18. The smallest absolute Gasteiger partial charge is 0.129 e. The van der Waals surface area contributed by atoms with Crippen LogP contribution in [0.15, 0.2) is 29.6 Å². The topological polar surface area (TPSA) is 42.1 Å². The van der Waals surface area contributed by atoms with Gasteiger partial charge in [0.1, 0.15) is 5.82 Å². The fourth-order valence-electron chi connectivity index (χ4n) is 1.92. The molecule has 0 radical (unpaired) electrons. The molecule has 0 fully saturated rings. The van der Waals surface area contributed by atoms with E-state index < -0.39 is 0 Å². The Kier molecular flexibility index (Phi) is 4.56. The molecular formula is C15H21N3S. The third-order valence-electron chi connectivity index (χ3n) is 3.08. The molecule has 0 aliphatic rings. The molecule has 2 rings (SSSR count). The molecule has 2 N–H and O–H groups in total. The molecule has 0 amide bonds. The number of pyridine rings is 1. The Bertz CT molecular complexity index is 520. The second kappa shape index (κ2) is 6.17. The van der Waals surface area contributed by atoms with Crippen molar-refractivity contribution in [2.75, 3.05) is 11.9 Å². The van der Waals surface area contributed by atoms with Crippen LogP contribution < -0.4 is 10.6 Å². The normalized spacial score (nSPS) is 11.0. The minimum atomic E-state index is 0.417. The summed E-state index contributed by atoms with van der Waals surface area (Å²) in [5.74, 6) is 1.42. The van der Waals surface area contributed by atoms with Crippen LogP contribution in [-0.4, -0.2) is 12.0 Å². The third-order valence-corrected chi connectivity index (χ3v) is 3.94. The van der Waals surface area contributed by atoms with Gasteiger partial charge in [-0.3, -0.25) is 0 Å². The van der Waals surface area contributed by atoms with Crippen LogP contribution in [0.2, 0.25) is 0 Å². The molecular weight excluding hydrogens is 254 g/mol. The average molecular weight is 275 g/mol. The van der Waals surface area contributed by atoms with E-state index >= 15 is 0 Å². The minimum absolute atomic E-state index is 0.417. The number of rotatable bonds is 5. The third kappa shape index (κ3) is 3.55. The van der Waals surface area contributed by atoms with E-state index in [2.05, 4.69) is 55.4 Å². The van der Waals surface area contributed by atoms with E-state index in [4.69, 9.17) is 10.7 Å². The number of hydrogen-bond acceptors (Lipinski definition) is 4. The van der Waals surface area contributed by atoms with Crippen LogP contribution in [0.5, 0.6) is 0 Å². The number of hydrogen-bond donors (Lipinski definition) is 1. The summed E-state index contributed by atoms with van der Waals surface area (Å²) in [7, 11) is 2.08. The van der Waals surface area contributed by atoms with Gasteiger partial charge in [0.2, 0.25) is 0 Å². The first-order chi connectivity index (χ1) is 9.10. The molecule has 0 saturated heterocycles. The Hall–Kier alpha value is -1.39. The summed E-state index contributed by atoms with van der Waals surface area (Å²) in [5, 5.41) is 2.10. The molecule has 3 nitrogen and oxygen atoms in total. The van der Waals surface area contributed by atoms with E-state index in [0.717, 1.165) is 23.6 Å².